The minimum absolute atomic E-state index is 0.270. The van der Waals surface area contributed by atoms with Crippen LogP contribution < -0.4 is 4.90 Å². The summed E-state index contributed by atoms with van der Waals surface area (Å²) in [7, 11) is 0. The van der Waals surface area contributed by atoms with E-state index in [2.05, 4.69) is 0 Å². The molecule has 21 heavy (non-hydrogen) atoms. The molecule has 0 radical (unpaired) electrons. The van der Waals surface area contributed by atoms with Gasteiger partial charge < -0.3 is 9.64 Å². The Morgan fingerprint density at radius 2 is 2.24 bits per heavy atom. The van der Waals surface area contributed by atoms with E-state index in [4.69, 9.17) is 4.74 Å². The lowest BCUT2D eigenvalue weighted by Crippen LogP contribution is -2.45. The van der Waals surface area contributed by atoms with E-state index >= 15 is 0 Å². The second-order valence-corrected chi connectivity index (χ2v) is 4.88. The highest BCUT2D eigenvalue weighted by molar-refractivity contribution is 5.80. The van der Waals surface area contributed by atoms with Crippen LogP contribution in [0.15, 0.2) is 18.2 Å². The van der Waals surface area contributed by atoms with Gasteiger partial charge in [-0.05, 0) is 32.3 Å². The van der Waals surface area contributed by atoms with Crippen LogP contribution in [0.2, 0.25) is 0 Å². The first kappa shape index (κ1) is 15.2. The number of halogens is 1. The maximum atomic E-state index is 13.6. The molecule has 1 aliphatic heterocycles. The van der Waals surface area contributed by atoms with Crippen molar-refractivity contribution in [1.82, 2.24) is 0 Å². The summed E-state index contributed by atoms with van der Waals surface area (Å²) in [5, 5.41) is 10.8. The fourth-order valence-corrected chi connectivity index (χ4v) is 2.55. The summed E-state index contributed by atoms with van der Waals surface area (Å²) in [5.74, 6) is -1.06. The number of ether oxygens (including phenoxy) is 1. The van der Waals surface area contributed by atoms with Gasteiger partial charge in [-0.3, -0.25) is 10.1 Å². The quantitative estimate of drug-likeness (QED) is 0.485. The van der Waals surface area contributed by atoms with Gasteiger partial charge in [-0.15, -0.1) is 0 Å². The summed E-state index contributed by atoms with van der Waals surface area (Å²) < 4.78 is 18.6. The monoisotopic (exact) mass is 296 g/mol. The number of non-ortho nitro benzene ring substituents is 1. The minimum Gasteiger partial charge on any atom is -0.464 e. The molecule has 1 heterocycles. The molecule has 0 saturated carbocycles. The Hall–Kier alpha value is -2.18. The highest BCUT2D eigenvalue weighted by Gasteiger charge is 2.31. The highest BCUT2D eigenvalue weighted by atomic mass is 19.1. The molecule has 0 aliphatic carbocycles. The molecule has 1 unspecified atom stereocenters. The van der Waals surface area contributed by atoms with Gasteiger partial charge in [0.15, 0.2) is 0 Å². The van der Waals surface area contributed by atoms with Crippen LogP contribution in [0.5, 0.6) is 0 Å². The molecule has 1 atom stereocenters. The fourth-order valence-electron chi connectivity index (χ4n) is 2.55. The standard InChI is InChI=1S/C14H17FN2O4/c1-2-21-14(18)13-5-3-4-6-16(13)11-7-10(15)8-12(9-11)17(19)20/h7-9,13H,2-6H2,1H3. The van der Waals surface area contributed by atoms with Gasteiger partial charge in [-0.25, -0.2) is 9.18 Å². The van der Waals surface area contributed by atoms with E-state index in [1.807, 2.05) is 0 Å². The molecular formula is C14H17FN2O4. The van der Waals surface area contributed by atoms with Crippen LogP contribution in [0.3, 0.4) is 0 Å². The van der Waals surface area contributed by atoms with Crippen molar-refractivity contribution < 1.29 is 18.8 Å². The topological polar surface area (TPSA) is 72.7 Å². The number of hydrogen-bond acceptors (Lipinski definition) is 5. The van der Waals surface area contributed by atoms with Crippen LogP contribution in [0, 0.1) is 15.9 Å². The summed E-state index contributed by atoms with van der Waals surface area (Å²) >= 11 is 0. The SMILES string of the molecule is CCOC(=O)C1CCCCN1c1cc(F)cc([N+](=O)[O-])c1. The van der Waals surface area contributed by atoms with Gasteiger partial charge in [0.1, 0.15) is 11.9 Å². The predicted octanol–water partition coefficient (Wildman–Crippen LogP) is 2.66. The van der Waals surface area contributed by atoms with Crippen molar-refractivity contribution in [3.05, 3.63) is 34.1 Å². The zero-order valence-electron chi connectivity index (χ0n) is 11.8. The zero-order chi connectivity index (χ0) is 15.4. The van der Waals surface area contributed by atoms with Gasteiger partial charge in [0.25, 0.3) is 5.69 Å². The molecule has 0 aromatic heterocycles. The molecule has 114 valence electrons. The molecule has 0 amide bonds. The van der Waals surface area contributed by atoms with Gasteiger partial charge in [0.2, 0.25) is 0 Å². The van der Waals surface area contributed by atoms with Gasteiger partial charge in [-0.2, -0.15) is 0 Å². The first-order valence-electron chi connectivity index (χ1n) is 6.91. The van der Waals surface area contributed by atoms with E-state index in [1.54, 1.807) is 11.8 Å². The number of benzene rings is 1. The van der Waals surface area contributed by atoms with Crippen LogP contribution in [0.25, 0.3) is 0 Å². The first-order chi connectivity index (χ1) is 10.0. The highest BCUT2D eigenvalue weighted by Crippen LogP contribution is 2.29. The third-order valence-corrected chi connectivity index (χ3v) is 3.47. The molecule has 0 spiro atoms. The number of nitrogens with zero attached hydrogens (tertiary/aromatic N) is 2. The Morgan fingerprint density at radius 1 is 1.48 bits per heavy atom. The van der Waals surface area contributed by atoms with Gasteiger partial charge in [0.05, 0.1) is 17.6 Å². The normalized spacial score (nSPS) is 18.4. The molecule has 1 aromatic rings. The van der Waals surface area contributed by atoms with Crippen LogP contribution in [-0.4, -0.2) is 30.1 Å². The number of hydrogen-bond donors (Lipinski definition) is 0. The van der Waals surface area contributed by atoms with Gasteiger partial charge >= 0.3 is 5.97 Å². The molecule has 6 nitrogen and oxygen atoms in total. The Balaban J connectivity index is 2.32. The van der Waals surface area contributed by atoms with Gasteiger partial charge in [-0.1, -0.05) is 0 Å². The van der Waals surface area contributed by atoms with Crippen LogP contribution >= 0.6 is 0 Å². The van der Waals surface area contributed by atoms with Crippen LogP contribution in [0.1, 0.15) is 26.2 Å². The summed E-state index contributed by atoms with van der Waals surface area (Å²) in [5.41, 5.74) is 0.0256. The smallest absolute Gasteiger partial charge is 0.328 e. The van der Waals surface area contributed by atoms with Crippen molar-refractivity contribution in [2.45, 2.75) is 32.2 Å². The first-order valence-corrected chi connectivity index (χ1v) is 6.91. The molecule has 1 saturated heterocycles. The third kappa shape index (κ3) is 3.48. The number of carbonyl (C=O) groups is 1. The minimum atomic E-state index is -0.688. The van der Waals surface area contributed by atoms with E-state index in [-0.39, 0.29) is 18.3 Å². The Labute approximate surface area is 121 Å². The lowest BCUT2D eigenvalue weighted by molar-refractivity contribution is -0.385. The maximum absolute atomic E-state index is 13.6. The number of carbonyl (C=O) groups excluding carboxylic acids is 1. The maximum Gasteiger partial charge on any atom is 0.328 e. The van der Waals surface area contributed by atoms with E-state index in [0.717, 1.165) is 18.9 Å². The summed E-state index contributed by atoms with van der Waals surface area (Å²) in [6.45, 7) is 2.54. The Bertz CT molecular complexity index is 550. The van der Waals surface area contributed by atoms with Crippen molar-refractivity contribution in [3.8, 4) is 0 Å². The summed E-state index contributed by atoms with van der Waals surface area (Å²) in [4.78, 5) is 23.9. The molecule has 1 fully saturated rings. The Kier molecular flexibility index (Phi) is 4.72. The number of piperidine rings is 1. The number of rotatable bonds is 4. The average Bonchev–Trinajstić information content (AvgIpc) is 2.46. The molecule has 7 heteroatoms. The predicted molar refractivity (Wildman–Crippen MR) is 74.7 cm³/mol. The number of nitro groups is 1. The molecule has 1 aromatic carbocycles. The molecule has 0 N–H and O–H groups in total. The van der Waals surface area contributed by atoms with Crippen molar-refractivity contribution in [2.75, 3.05) is 18.1 Å². The molecular weight excluding hydrogens is 279 g/mol. The lowest BCUT2D eigenvalue weighted by atomic mass is 10.0. The second-order valence-electron chi connectivity index (χ2n) is 4.88. The van der Waals surface area contributed by atoms with Crippen molar-refractivity contribution in [1.29, 1.82) is 0 Å². The molecule has 2 rings (SSSR count). The van der Waals surface area contributed by atoms with E-state index in [1.165, 1.54) is 12.1 Å². The van der Waals surface area contributed by atoms with Gasteiger partial charge in [0, 0.05) is 18.3 Å². The van der Waals surface area contributed by atoms with Crippen molar-refractivity contribution in [3.63, 3.8) is 0 Å². The van der Waals surface area contributed by atoms with Crippen molar-refractivity contribution >= 4 is 17.3 Å². The van der Waals surface area contributed by atoms with Crippen LogP contribution in [-0.2, 0) is 9.53 Å². The number of nitro benzene ring substituents is 1. The number of anilines is 1. The zero-order valence-corrected chi connectivity index (χ0v) is 11.8. The van der Waals surface area contributed by atoms with E-state index in [0.29, 0.717) is 18.7 Å². The largest absolute Gasteiger partial charge is 0.464 e. The van der Waals surface area contributed by atoms with E-state index in [9.17, 15) is 19.3 Å². The third-order valence-electron chi connectivity index (χ3n) is 3.47. The van der Waals surface area contributed by atoms with E-state index < -0.39 is 16.8 Å². The second kappa shape index (κ2) is 6.51. The molecule has 0 bridgehead atoms. The average molecular weight is 296 g/mol. The summed E-state index contributed by atoms with van der Waals surface area (Å²) in [6.07, 6.45) is 2.32. The van der Waals surface area contributed by atoms with Crippen molar-refractivity contribution in [2.24, 2.45) is 0 Å². The lowest BCUT2D eigenvalue weighted by Gasteiger charge is -2.35. The van der Waals surface area contributed by atoms with Crippen LogP contribution in [0.4, 0.5) is 15.8 Å². The molecule has 1 aliphatic rings. The summed E-state index contributed by atoms with van der Waals surface area (Å²) in [6, 6.07) is 2.86. The number of esters is 1. The Morgan fingerprint density at radius 3 is 2.90 bits per heavy atom. The fraction of sp³-hybridized carbons (Fsp3) is 0.500.